The Morgan fingerprint density at radius 1 is 1.53 bits per heavy atom. The lowest BCUT2D eigenvalue weighted by molar-refractivity contribution is 0.189. The third-order valence-electron chi connectivity index (χ3n) is 2.26. The maximum Gasteiger partial charge on any atom is 0.140 e. The number of aliphatic hydroxyl groups excluding tert-OH is 1. The largest absolute Gasteiger partial charge is 0.486 e. The zero-order chi connectivity index (χ0) is 12.3. The summed E-state index contributed by atoms with van der Waals surface area (Å²) >= 11 is 1.49. The van der Waals surface area contributed by atoms with Gasteiger partial charge in [-0.2, -0.15) is 0 Å². The van der Waals surface area contributed by atoms with Crippen LogP contribution in [0.5, 0.6) is 5.75 Å². The van der Waals surface area contributed by atoms with E-state index < -0.39 is 6.10 Å². The second-order valence-electron chi connectivity index (χ2n) is 3.57. The van der Waals surface area contributed by atoms with Gasteiger partial charge in [-0.15, -0.1) is 11.3 Å². The molecular formula is C12H12FNO2S. The summed E-state index contributed by atoms with van der Waals surface area (Å²) < 4.78 is 18.6. The Labute approximate surface area is 103 Å². The molecule has 1 aromatic heterocycles. The van der Waals surface area contributed by atoms with Crippen LogP contribution in [0.2, 0.25) is 0 Å². The summed E-state index contributed by atoms with van der Waals surface area (Å²) in [5.74, 6) is 0.0964. The van der Waals surface area contributed by atoms with Crippen molar-refractivity contribution < 1.29 is 14.2 Å². The minimum Gasteiger partial charge on any atom is -0.486 e. The van der Waals surface area contributed by atoms with Crippen LogP contribution in [0.4, 0.5) is 4.39 Å². The van der Waals surface area contributed by atoms with Crippen molar-refractivity contribution in [3.8, 4) is 5.75 Å². The molecule has 0 fully saturated rings. The Morgan fingerprint density at radius 2 is 2.35 bits per heavy atom. The van der Waals surface area contributed by atoms with E-state index in [1.807, 2.05) is 5.38 Å². The van der Waals surface area contributed by atoms with Crippen LogP contribution in [0.1, 0.15) is 23.6 Å². The minimum absolute atomic E-state index is 0.322. The zero-order valence-electron chi connectivity index (χ0n) is 9.26. The molecule has 1 N–H and O–H groups in total. The number of nitrogens with zero attached hydrogens (tertiary/aromatic N) is 1. The molecule has 1 atom stereocenters. The number of ether oxygens (including phenoxy) is 1. The quantitative estimate of drug-likeness (QED) is 0.911. The second kappa shape index (κ2) is 5.25. The summed E-state index contributed by atoms with van der Waals surface area (Å²) in [7, 11) is 0. The third kappa shape index (κ3) is 3.01. The molecule has 0 saturated heterocycles. The van der Waals surface area contributed by atoms with Gasteiger partial charge in [0.15, 0.2) is 0 Å². The number of halogens is 1. The van der Waals surface area contributed by atoms with Crippen molar-refractivity contribution in [1.29, 1.82) is 0 Å². The van der Waals surface area contributed by atoms with Gasteiger partial charge in [-0.3, -0.25) is 0 Å². The molecule has 17 heavy (non-hydrogen) atoms. The van der Waals surface area contributed by atoms with Crippen LogP contribution in [-0.2, 0) is 6.61 Å². The molecule has 0 amide bonds. The van der Waals surface area contributed by atoms with Gasteiger partial charge in [0.2, 0.25) is 0 Å². The van der Waals surface area contributed by atoms with Crippen molar-refractivity contribution >= 4 is 11.3 Å². The van der Waals surface area contributed by atoms with E-state index in [4.69, 9.17) is 4.74 Å². The van der Waals surface area contributed by atoms with Crippen LogP contribution < -0.4 is 4.74 Å². The van der Waals surface area contributed by atoms with Gasteiger partial charge in [0.25, 0.3) is 0 Å². The minimum atomic E-state index is -0.767. The number of hydrogen-bond donors (Lipinski definition) is 1. The summed E-state index contributed by atoms with van der Waals surface area (Å²) in [6.07, 6.45) is 0.931. The van der Waals surface area contributed by atoms with Gasteiger partial charge in [0.05, 0.1) is 6.10 Å². The lowest BCUT2D eigenvalue weighted by atomic mass is 10.1. The van der Waals surface area contributed by atoms with Crippen molar-refractivity contribution in [2.24, 2.45) is 0 Å². The van der Waals surface area contributed by atoms with Crippen molar-refractivity contribution in [2.45, 2.75) is 19.6 Å². The van der Waals surface area contributed by atoms with Gasteiger partial charge >= 0.3 is 0 Å². The van der Waals surface area contributed by atoms with Crippen LogP contribution in [-0.4, -0.2) is 10.1 Å². The van der Waals surface area contributed by atoms with E-state index >= 15 is 0 Å². The zero-order valence-corrected chi connectivity index (χ0v) is 10.1. The Balaban J connectivity index is 2.14. The molecule has 1 heterocycles. The molecule has 2 rings (SSSR count). The lowest BCUT2D eigenvalue weighted by Crippen LogP contribution is -2.01. The van der Waals surface area contributed by atoms with Crippen LogP contribution in [0.3, 0.4) is 0 Å². The molecule has 1 aromatic carbocycles. The van der Waals surface area contributed by atoms with Crippen molar-refractivity contribution in [1.82, 2.24) is 4.98 Å². The maximum atomic E-state index is 13.0. The fraction of sp³-hybridized carbons (Fsp3) is 0.250. The summed E-state index contributed by atoms with van der Waals surface area (Å²) in [6.45, 7) is 1.90. The second-order valence-corrected chi connectivity index (χ2v) is 4.55. The molecule has 1 unspecified atom stereocenters. The van der Waals surface area contributed by atoms with Crippen molar-refractivity contribution in [2.75, 3.05) is 0 Å². The summed E-state index contributed by atoms with van der Waals surface area (Å²) in [6, 6.07) is 4.11. The van der Waals surface area contributed by atoms with Crippen molar-refractivity contribution in [3.05, 3.63) is 46.2 Å². The van der Waals surface area contributed by atoms with E-state index in [1.165, 1.54) is 29.5 Å². The van der Waals surface area contributed by atoms with Gasteiger partial charge in [-0.1, -0.05) is 0 Å². The molecule has 0 aliphatic rings. The molecule has 90 valence electrons. The molecule has 5 heteroatoms. The third-order valence-corrected chi connectivity index (χ3v) is 3.01. The van der Waals surface area contributed by atoms with Gasteiger partial charge in [-0.05, 0) is 25.1 Å². The van der Waals surface area contributed by atoms with E-state index in [1.54, 1.807) is 13.1 Å². The van der Waals surface area contributed by atoms with Gasteiger partial charge < -0.3 is 9.84 Å². The number of rotatable bonds is 4. The summed E-state index contributed by atoms with van der Waals surface area (Å²) in [5, 5.41) is 12.2. The molecule has 0 radical (unpaired) electrons. The molecule has 0 aliphatic carbocycles. The van der Waals surface area contributed by atoms with Crippen LogP contribution in [0.25, 0.3) is 0 Å². The standard InChI is InChI=1S/C12H12FNO2S/c1-8(15)10-6-9(13)2-3-11(10)16-7-12-14-4-5-17-12/h2-6,8,15H,7H2,1H3. The smallest absolute Gasteiger partial charge is 0.140 e. The van der Waals surface area contributed by atoms with Crippen LogP contribution in [0, 0.1) is 5.82 Å². The number of aromatic nitrogens is 1. The molecule has 0 bridgehead atoms. The Bertz CT molecular complexity index is 485. The average molecular weight is 253 g/mol. The summed E-state index contributed by atoms with van der Waals surface area (Å²) in [5.41, 5.74) is 0.446. The first-order valence-corrected chi connectivity index (χ1v) is 6.03. The van der Waals surface area contributed by atoms with E-state index in [2.05, 4.69) is 4.98 Å². The number of hydrogen-bond acceptors (Lipinski definition) is 4. The predicted octanol–water partition coefficient (Wildman–Crippen LogP) is 2.91. The highest BCUT2D eigenvalue weighted by atomic mass is 32.1. The maximum absolute atomic E-state index is 13.0. The number of benzene rings is 1. The molecular weight excluding hydrogens is 241 g/mol. The van der Waals surface area contributed by atoms with Crippen LogP contribution in [0.15, 0.2) is 29.8 Å². The number of aliphatic hydroxyl groups is 1. The fourth-order valence-corrected chi connectivity index (χ4v) is 1.97. The summed E-state index contributed by atoms with van der Waals surface area (Å²) in [4.78, 5) is 4.08. The van der Waals surface area contributed by atoms with Crippen molar-refractivity contribution in [3.63, 3.8) is 0 Å². The van der Waals surface area contributed by atoms with Gasteiger partial charge in [0.1, 0.15) is 23.2 Å². The molecule has 3 nitrogen and oxygen atoms in total. The first-order valence-electron chi connectivity index (χ1n) is 5.15. The normalized spacial score (nSPS) is 12.4. The first-order chi connectivity index (χ1) is 8.16. The highest BCUT2D eigenvalue weighted by Gasteiger charge is 2.11. The lowest BCUT2D eigenvalue weighted by Gasteiger charge is -2.12. The van der Waals surface area contributed by atoms with Crippen LogP contribution >= 0.6 is 11.3 Å². The Hall–Kier alpha value is -1.46. The van der Waals surface area contributed by atoms with E-state index in [0.29, 0.717) is 17.9 Å². The average Bonchev–Trinajstić information content (AvgIpc) is 2.80. The molecule has 0 aliphatic heterocycles. The van der Waals surface area contributed by atoms with Gasteiger partial charge in [0, 0.05) is 17.1 Å². The molecule has 0 spiro atoms. The number of thiazole rings is 1. The first kappa shape index (κ1) is 12.0. The molecule has 2 aromatic rings. The highest BCUT2D eigenvalue weighted by Crippen LogP contribution is 2.26. The molecule has 0 saturated carbocycles. The van der Waals surface area contributed by atoms with E-state index in [-0.39, 0.29) is 5.82 Å². The monoisotopic (exact) mass is 253 g/mol. The Morgan fingerprint density at radius 3 is 3.00 bits per heavy atom. The Kier molecular flexibility index (Phi) is 3.71. The topological polar surface area (TPSA) is 42.4 Å². The SMILES string of the molecule is CC(O)c1cc(F)ccc1OCc1nccs1. The fourth-order valence-electron chi connectivity index (χ4n) is 1.44. The van der Waals surface area contributed by atoms with E-state index in [9.17, 15) is 9.50 Å². The van der Waals surface area contributed by atoms with E-state index in [0.717, 1.165) is 5.01 Å². The predicted molar refractivity (Wildman–Crippen MR) is 63.5 cm³/mol. The van der Waals surface area contributed by atoms with Gasteiger partial charge in [-0.25, -0.2) is 9.37 Å². The highest BCUT2D eigenvalue weighted by molar-refractivity contribution is 7.09.